The van der Waals surface area contributed by atoms with Gasteiger partial charge in [0.15, 0.2) is 0 Å². The van der Waals surface area contributed by atoms with Gasteiger partial charge in [0.2, 0.25) is 5.91 Å². The molecule has 9 heteroatoms. The number of rotatable bonds is 7. The number of methoxy groups -OCH3 is 2. The fraction of sp³-hybridized carbons (Fsp3) is 0.167. The number of nitrogens with one attached hydrogen (secondary N) is 1. The lowest BCUT2D eigenvalue weighted by molar-refractivity contribution is -0.113. The van der Waals surface area contributed by atoms with Gasteiger partial charge in [0.1, 0.15) is 11.5 Å². The Kier molecular flexibility index (Phi) is 6.56. The molecule has 0 saturated carbocycles. The van der Waals surface area contributed by atoms with Gasteiger partial charge in [-0.15, -0.1) is 10.2 Å². The van der Waals surface area contributed by atoms with Crippen molar-refractivity contribution in [2.75, 3.05) is 25.3 Å². The molecule has 3 aromatic rings. The predicted octanol–water partition coefficient (Wildman–Crippen LogP) is 4.09. The van der Waals surface area contributed by atoms with E-state index in [4.69, 9.17) is 13.9 Å². The number of thioether (sulfide) groups is 1. The molecule has 7 nitrogen and oxygen atoms in total. The summed E-state index contributed by atoms with van der Waals surface area (Å²) >= 11 is 3.34. The number of nitrogens with zero attached hydrogens (tertiary/aromatic N) is 2. The van der Waals surface area contributed by atoms with Crippen molar-refractivity contribution in [2.24, 2.45) is 0 Å². The number of aromatic nitrogens is 2. The Hall–Kier alpha value is -2.27. The van der Waals surface area contributed by atoms with E-state index in [9.17, 15) is 4.79 Å². The first-order valence-corrected chi connectivity index (χ1v) is 9.90. The summed E-state index contributed by atoms with van der Waals surface area (Å²) in [5.41, 5.74) is 1.43. The van der Waals surface area contributed by atoms with E-state index in [2.05, 4.69) is 38.1 Å². The largest absolute Gasteiger partial charge is 0.497 e. The number of para-hydroxylation sites is 1. The van der Waals surface area contributed by atoms with E-state index in [0.717, 1.165) is 9.26 Å². The molecule has 0 bridgehead atoms. The maximum Gasteiger partial charge on any atom is 0.277 e. The molecule has 0 aliphatic rings. The Balaban J connectivity index is 1.65. The number of hydrogen-bond donors (Lipinski definition) is 1. The second kappa shape index (κ2) is 9.09. The monoisotopic (exact) mass is 497 g/mol. The Morgan fingerprint density at radius 1 is 1.19 bits per heavy atom. The highest BCUT2D eigenvalue weighted by Crippen LogP contribution is 2.33. The molecule has 0 aliphatic carbocycles. The van der Waals surface area contributed by atoms with E-state index in [1.54, 1.807) is 32.4 Å². The second-order valence-electron chi connectivity index (χ2n) is 5.26. The van der Waals surface area contributed by atoms with Crippen LogP contribution in [0.1, 0.15) is 0 Å². The average Bonchev–Trinajstić information content (AvgIpc) is 3.16. The number of amides is 1. The summed E-state index contributed by atoms with van der Waals surface area (Å²) in [6, 6.07) is 12.9. The molecule has 1 amide bonds. The molecule has 0 spiro atoms. The fourth-order valence-electron chi connectivity index (χ4n) is 2.23. The van der Waals surface area contributed by atoms with Gasteiger partial charge in [-0.3, -0.25) is 4.79 Å². The molecule has 0 unspecified atom stereocenters. The van der Waals surface area contributed by atoms with Crippen molar-refractivity contribution < 1.29 is 18.7 Å². The number of carbonyl (C=O) groups excluding carboxylic acids is 1. The van der Waals surface area contributed by atoms with Crippen LogP contribution in [-0.2, 0) is 4.79 Å². The van der Waals surface area contributed by atoms with Crippen LogP contribution in [0.4, 0.5) is 5.69 Å². The van der Waals surface area contributed by atoms with Crippen LogP contribution in [0, 0.1) is 3.57 Å². The van der Waals surface area contributed by atoms with Gasteiger partial charge in [0.25, 0.3) is 11.1 Å². The third-order valence-electron chi connectivity index (χ3n) is 3.52. The molecule has 140 valence electrons. The number of anilines is 1. The lowest BCUT2D eigenvalue weighted by atomic mass is 10.2. The molecule has 2 aromatic carbocycles. The Morgan fingerprint density at radius 2 is 2.00 bits per heavy atom. The lowest BCUT2D eigenvalue weighted by Gasteiger charge is -2.07. The Labute approximate surface area is 174 Å². The first-order valence-electron chi connectivity index (χ1n) is 7.84. The summed E-state index contributed by atoms with van der Waals surface area (Å²) in [5.74, 6) is 1.55. The minimum absolute atomic E-state index is 0.147. The van der Waals surface area contributed by atoms with Crippen molar-refractivity contribution in [2.45, 2.75) is 5.22 Å². The quantitative estimate of drug-likeness (QED) is 0.389. The first kappa shape index (κ1) is 19.5. The van der Waals surface area contributed by atoms with Crippen LogP contribution in [0.5, 0.6) is 11.5 Å². The number of halogens is 1. The smallest absolute Gasteiger partial charge is 0.277 e. The van der Waals surface area contributed by atoms with E-state index < -0.39 is 0 Å². The molecule has 0 aliphatic heterocycles. The zero-order chi connectivity index (χ0) is 19.2. The SMILES string of the molecule is COc1ccc(-c2nnc(SCC(=O)Nc3ccccc3I)o2)c(OC)c1. The predicted molar refractivity (Wildman–Crippen MR) is 111 cm³/mol. The summed E-state index contributed by atoms with van der Waals surface area (Å²) in [4.78, 5) is 12.1. The first-order chi connectivity index (χ1) is 13.1. The summed E-state index contributed by atoms with van der Waals surface area (Å²) in [6.07, 6.45) is 0. The molecule has 1 aromatic heterocycles. The highest BCUT2D eigenvalue weighted by Gasteiger charge is 2.16. The van der Waals surface area contributed by atoms with Crippen molar-refractivity contribution in [1.82, 2.24) is 10.2 Å². The molecular weight excluding hydrogens is 481 g/mol. The second-order valence-corrected chi connectivity index (χ2v) is 7.34. The maximum atomic E-state index is 12.1. The average molecular weight is 497 g/mol. The molecule has 0 radical (unpaired) electrons. The van der Waals surface area contributed by atoms with Gasteiger partial charge in [-0.1, -0.05) is 23.9 Å². The third kappa shape index (κ3) is 4.92. The van der Waals surface area contributed by atoms with E-state index in [1.807, 2.05) is 24.3 Å². The van der Waals surface area contributed by atoms with Crippen LogP contribution in [-0.4, -0.2) is 36.1 Å². The molecule has 1 heterocycles. The minimum Gasteiger partial charge on any atom is -0.497 e. The molecule has 27 heavy (non-hydrogen) atoms. The van der Waals surface area contributed by atoms with Crippen molar-refractivity contribution in [3.05, 3.63) is 46.0 Å². The molecule has 0 atom stereocenters. The third-order valence-corrected chi connectivity index (χ3v) is 5.28. The van der Waals surface area contributed by atoms with Crippen molar-refractivity contribution in [3.63, 3.8) is 0 Å². The van der Waals surface area contributed by atoms with Crippen LogP contribution in [0.3, 0.4) is 0 Å². The van der Waals surface area contributed by atoms with Gasteiger partial charge in [0, 0.05) is 9.64 Å². The molecule has 1 N–H and O–H groups in total. The summed E-state index contributed by atoms with van der Waals surface area (Å²) < 4.78 is 17.1. The van der Waals surface area contributed by atoms with E-state index in [0.29, 0.717) is 28.2 Å². The molecule has 0 fully saturated rings. The normalized spacial score (nSPS) is 10.5. The molecule has 3 rings (SSSR count). The number of hydrogen-bond acceptors (Lipinski definition) is 7. The minimum atomic E-state index is -0.147. The fourth-order valence-corrected chi connectivity index (χ4v) is 3.31. The van der Waals surface area contributed by atoms with Crippen molar-refractivity contribution in [3.8, 4) is 23.0 Å². The van der Waals surface area contributed by atoms with Crippen LogP contribution < -0.4 is 14.8 Å². The summed E-state index contributed by atoms with van der Waals surface area (Å²) in [5, 5.41) is 11.2. The summed E-state index contributed by atoms with van der Waals surface area (Å²) in [6.45, 7) is 0. The van der Waals surface area contributed by atoms with Gasteiger partial charge in [-0.05, 0) is 46.9 Å². The zero-order valence-electron chi connectivity index (χ0n) is 14.6. The van der Waals surface area contributed by atoms with E-state index in [-0.39, 0.29) is 11.7 Å². The van der Waals surface area contributed by atoms with Gasteiger partial charge < -0.3 is 19.2 Å². The topological polar surface area (TPSA) is 86.5 Å². The van der Waals surface area contributed by atoms with E-state index in [1.165, 1.54) is 11.8 Å². The van der Waals surface area contributed by atoms with Crippen LogP contribution in [0.2, 0.25) is 0 Å². The van der Waals surface area contributed by atoms with Crippen LogP contribution >= 0.6 is 34.4 Å². The lowest BCUT2D eigenvalue weighted by Crippen LogP contribution is -2.14. The van der Waals surface area contributed by atoms with Gasteiger partial charge in [0.05, 0.1) is 31.2 Å². The Morgan fingerprint density at radius 3 is 2.74 bits per heavy atom. The standard InChI is InChI=1S/C18H16IN3O4S/c1-24-11-7-8-12(15(9-11)25-2)17-21-22-18(26-17)27-10-16(23)20-14-6-4-3-5-13(14)19/h3-9H,10H2,1-2H3,(H,20,23). The highest BCUT2D eigenvalue weighted by atomic mass is 127. The van der Waals surface area contributed by atoms with Crippen LogP contribution in [0.25, 0.3) is 11.5 Å². The van der Waals surface area contributed by atoms with Crippen LogP contribution in [0.15, 0.2) is 52.1 Å². The summed E-state index contributed by atoms with van der Waals surface area (Å²) in [7, 11) is 3.14. The number of ether oxygens (including phenoxy) is 2. The van der Waals surface area contributed by atoms with Gasteiger partial charge in [-0.2, -0.15) is 0 Å². The van der Waals surface area contributed by atoms with E-state index >= 15 is 0 Å². The maximum absolute atomic E-state index is 12.1. The van der Waals surface area contributed by atoms with Crippen molar-refractivity contribution in [1.29, 1.82) is 0 Å². The van der Waals surface area contributed by atoms with Gasteiger partial charge in [-0.25, -0.2) is 0 Å². The molecule has 0 saturated heterocycles. The van der Waals surface area contributed by atoms with Gasteiger partial charge >= 0.3 is 0 Å². The number of carbonyl (C=O) groups is 1. The molecular formula is C18H16IN3O4S. The highest BCUT2D eigenvalue weighted by molar-refractivity contribution is 14.1. The Bertz CT molecular complexity index is 948. The van der Waals surface area contributed by atoms with Crippen molar-refractivity contribution >= 4 is 45.9 Å². The number of benzene rings is 2. The zero-order valence-corrected chi connectivity index (χ0v) is 17.5.